The van der Waals surface area contributed by atoms with Gasteiger partial charge in [0, 0.05) is 36.5 Å². The summed E-state index contributed by atoms with van der Waals surface area (Å²) < 4.78 is 32.9. The van der Waals surface area contributed by atoms with Crippen molar-refractivity contribution in [3.05, 3.63) is 29.8 Å². The maximum absolute atomic E-state index is 12.3. The first-order valence-electron chi connectivity index (χ1n) is 9.45. The Morgan fingerprint density at radius 2 is 2.07 bits per heavy atom. The Labute approximate surface area is 175 Å². The van der Waals surface area contributed by atoms with Crippen LogP contribution in [-0.2, 0) is 24.1 Å². The van der Waals surface area contributed by atoms with E-state index in [1.165, 1.54) is 17.3 Å². The maximum Gasteiger partial charge on any atom is 0.414 e. The van der Waals surface area contributed by atoms with Crippen LogP contribution in [0.15, 0.2) is 24.3 Å². The number of amides is 2. The molecule has 30 heavy (non-hydrogen) atoms. The number of nitrogens with zero attached hydrogens (tertiary/aromatic N) is 1. The highest BCUT2D eigenvalue weighted by Crippen LogP contribution is 2.30. The zero-order valence-corrected chi connectivity index (χ0v) is 17.6. The number of hydroxylamine groups is 1. The third kappa shape index (κ3) is 4.59. The van der Waals surface area contributed by atoms with Crippen molar-refractivity contribution in [1.29, 1.82) is 0 Å². The maximum atomic E-state index is 12.3. The highest BCUT2D eigenvalue weighted by atomic mass is 32.2. The summed E-state index contributed by atoms with van der Waals surface area (Å²) >= 11 is 0. The normalized spacial score (nSPS) is 23.3. The van der Waals surface area contributed by atoms with Gasteiger partial charge >= 0.3 is 6.09 Å². The molecule has 162 valence electrons. The number of anilines is 1. The molecule has 0 aromatic heterocycles. The van der Waals surface area contributed by atoms with Crippen molar-refractivity contribution in [2.75, 3.05) is 30.9 Å². The van der Waals surface area contributed by atoms with E-state index in [1.54, 1.807) is 24.3 Å². The van der Waals surface area contributed by atoms with Crippen molar-refractivity contribution in [2.24, 2.45) is 5.92 Å². The molecule has 0 spiro atoms. The molecule has 2 N–H and O–H groups in total. The van der Waals surface area contributed by atoms with Crippen molar-refractivity contribution in [3.8, 4) is 11.8 Å². The third-order valence-electron chi connectivity index (χ3n) is 5.42. The Balaban J connectivity index is 1.70. The standard InChI is InChI=1S/C20H24N2O7S/c1-20(18(23)21-25,30(2,26)27)11-17-12-22(19(24)29-17)16-7-5-14(6-8-16)3-4-15-9-10-28-13-15/h5-8,15,17,25H,9-13H2,1-2H3,(H,21,23)/t15?,17-,20+/m0/s1. The number of sulfone groups is 1. The Morgan fingerprint density at radius 3 is 2.63 bits per heavy atom. The number of rotatable bonds is 5. The number of nitrogens with one attached hydrogen (secondary N) is 1. The molecule has 2 saturated heterocycles. The Bertz CT molecular complexity index is 975. The van der Waals surface area contributed by atoms with Gasteiger partial charge in [0.2, 0.25) is 0 Å². The van der Waals surface area contributed by atoms with Gasteiger partial charge in [0.05, 0.1) is 13.2 Å². The highest BCUT2D eigenvalue weighted by Gasteiger charge is 2.48. The van der Waals surface area contributed by atoms with Crippen LogP contribution in [0.3, 0.4) is 0 Å². The monoisotopic (exact) mass is 436 g/mol. The largest absolute Gasteiger partial charge is 0.444 e. The minimum Gasteiger partial charge on any atom is -0.444 e. The van der Waals surface area contributed by atoms with Crippen molar-refractivity contribution in [2.45, 2.75) is 30.6 Å². The lowest BCUT2D eigenvalue weighted by molar-refractivity contribution is -0.132. The van der Waals surface area contributed by atoms with Crippen LogP contribution in [0, 0.1) is 17.8 Å². The first-order chi connectivity index (χ1) is 14.1. The van der Waals surface area contributed by atoms with Gasteiger partial charge in [0.15, 0.2) is 14.6 Å². The first kappa shape index (κ1) is 22.1. The molecule has 3 rings (SSSR count). The average molecular weight is 436 g/mol. The number of cyclic esters (lactones) is 1. The molecular weight excluding hydrogens is 412 g/mol. The van der Waals surface area contributed by atoms with Gasteiger partial charge in [-0.1, -0.05) is 11.8 Å². The van der Waals surface area contributed by atoms with E-state index in [2.05, 4.69) is 11.8 Å². The van der Waals surface area contributed by atoms with Crippen LogP contribution in [0.2, 0.25) is 0 Å². The van der Waals surface area contributed by atoms with E-state index < -0.39 is 32.7 Å². The molecule has 1 aromatic rings. The summed E-state index contributed by atoms with van der Waals surface area (Å²) in [5.74, 6) is 5.42. The van der Waals surface area contributed by atoms with Crippen molar-refractivity contribution in [1.82, 2.24) is 5.48 Å². The second-order valence-electron chi connectivity index (χ2n) is 7.64. The summed E-state index contributed by atoms with van der Waals surface area (Å²) in [6.07, 6.45) is 0.0627. The minimum atomic E-state index is -3.89. The molecule has 0 radical (unpaired) electrons. The molecule has 2 amide bonds. The molecule has 1 unspecified atom stereocenters. The highest BCUT2D eigenvalue weighted by molar-refractivity contribution is 7.92. The minimum absolute atomic E-state index is 0.0765. The molecule has 2 aliphatic heterocycles. The summed E-state index contributed by atoms with van der Waals surface area (Å²) in [5.41, 5.74) is 2.76. The van der Waals surface area contributed by atoms with Crippen LogP contribution < -0.4 is 10.4 Å². The third-order valence-corrected chi connectivity index (χ3v) is 7.41. The van der Waals surface area contributed by atoms with E-state index in [-0.39, 0.29) is 18.9 Å². The number of hydrogen-bond acceptors (Lipinski definition) is 7. The van der Waals surface area contributed by atoms with Crippen LogP contribution in [0.1, 0.15) is 25.3 Å². The zero-order valence-electron chi connectivity index (χ0n) is 16.8. The topological polar surface area (TPSA) is 122 Å². The summed E-state index contributed by atoms with van der Waals surface area (Å²) in [6, 6.07) is 7.04. The molecule has 1 aromatic carbocycles. The van der Waals surface area contributed by atoms with Gasteiger partial charge in [-0.3, -0.25) is 14.9 Å². The van der Waals surface area contributed by atoms with E-state index in [4.69, 9.17) is 14.7 Å². The van der Waals surface area contributed by atoms with E-state index in [9.17, 15) is 18.0 Å². The van der Waals surface area contributed by atoms with Gasteiger partial charge in [-0.25, -0.2) is 18.7 Å². The summed E-state index contributed by atoms with van der Waals surface area (Å²) in [4.78, 5) is 25.7. The van der Waals surface area contributed by atoms with Gasteiger partial charge in [-0.15, -0.1) is 0 Å². The number of carbonyl (C=O) groups excluding carboxylic acids is 2. The van der Waals surface area contributed by atoms with E-state index in [1.807, 2.05) is 0 Å². The lowest BCUT2D eigenvalue weighted by Crippen LogP contribution is -2.51. The average Bonchev–Trinajstić information content (AvgIpc) is 3.34. The van der Waals surface area contributed by atoms with E-state index >= 15 is 0 Å². The van der Waals surface area contributed by atoms with Crippen LogP contribution in [0.4, 0.5) is 10.5 Å². The van der Waals surface area contributed by atoms with Gasteiger partial charge in [-0.05, 0) is 37.6 Å². The number of ether oxygens (including phenoxy) is 2. The second-order valence-corrected chi connectivity index (χ2v) is 10.1. The van der Waals surface area contributed by atoms with Crippen molar-refractivity contribution in [3.63, 3.8) is 0 Å². The van der Waals surface area contributed by atoms with Crippen LogP contribution >= 0.6 is 0 Å². The Hall–Kier alpha value is -2.61. The molecule has 2 heterocycles. The SMILES string of the molecule is C[C@@](C[C@H]1CN(c2ccc(C#CC3CCOC3)cc2)C(=O)O1)(C(=O)NO)S(C)(=O)=O. The molecule has 0 aliphatic carbocycles. The van der Waals surface area contributed by atoms with Gasteiger partial charge < -0.3 is 9.47 Å². The predicted octanol–water partition coefficient (Wildman–Crippen LogP) is 1.10. The number of hydrogen-bond donors (Lipinski definition) is 2. The molecule has 10 heteroatoms. The first-order valence-corrected chi connectivity index (χ1v) is 11.3. The van der Waals surface area contributed by atoms with Crippen LogP contribution in [-0.4, -0.2) is 62.5 Å². The van der Waals surface area contributed by atoms with Crippen LogP contribution in [0.5, 0.6) is 0 Å². The Kier molecular flexibility index (Phi) is 6.36. The predicted molar refractivity (Wildman–Crippen MR) is 108 cm³/mol. The Morgan fingerprint density at radius 1 is 1.37 bits per heavy atom. The van der Waals surface area contributed by atoms with Crippen LogP contribution in [0.25, 0.3) is 0 Å². The molecule has 2 fully saturated rings. The molecule has 0 saturated carbocycles. The number of carbonyl (C=O) groups is 2. The smallest absolute Gasteiger partial charge is 0.414 e. The van der Waals surface area contributed by atoms with Crippen molar-refractivity contribution < 1.29 is 32.7 Å². The lowest BCUT2D eigenvalue weighted by atomic mass is 10.0. The summed E-state index contributed by atoms with van der Waals surface area (Å²) in [6.45, 7) is 2.64. The van der Waals surface area contributed by atoms with Gasteiger partial charge in [-0.2, -0.15) is 0 Å². The molecule has 9 nitrogen and oxygen atoms in total. The second kappa shape index (κ2) is 8.63. The molecular formula is C20H24N2O7S. The van der Waals surface area contributed by atoms with Crippen molar-refractivity contribution >= 4 is 27.5 Å². The molecule has 3 atom stereocenters. The quantitative estimate of drug-likeness (QED) is 0.403. The zero-order chi connectivity index (χ0) is 21.9. The molecule has 0 bridgehead atoms. The fourth-order valence-electron chi connectivity index (χ4n) is 3.36. The van der Waals surface area contributed by atoms with Gasteiger partial charge in [0.25, 0.3) is 5.91 Å². The fourth-order valence-corrected chi connectivity index (χ4v) is 4.23. The summed E-state index contributed by atoms with van der Waals surface area (Å²) in [5, 5.41) is 8.93. The van der Waals surface area contributed by atoms with Gasteiger partial charge in [0.1, 0.15) is 6.10 Å². The number of benzene rings is 1. The molecule has 2 aliphatic rings. The van der Waals surface area contributed by atoms with E-state index in [0.29, 0.717) is 12.3 Å². The van der Waals surface area contributed by atoms with E-state index in [0.717, 1.165) is 24.8 Å². The lowest BCUT2D eigenvalue weighted by Gasteiger charge is -2.26. The summed E-state index contributed by atoms with van der Waals surface area (Å²) in [7, 11) is -3.89. The fraction of sp³-hybridized carbons (Fsp3) is 0.500.